The first-order chi connectivity index (χ1) is 16.5. The van der Waals surface area contributed by atoms with E-state index >= 15 is 0 Å². The standard InChI is InChI=1S/C24H24FN7O2/c1-16(20-6-4-18(25)13-26-20)29-24(33)32-9-10-34-23-21(32)11-17(12-28-23)3-5-19-14-27-22-15-30(2)7-8-31(19)22/h4,6,11-14,16H,7-10,15H2,1-2H3,(H,29,33)/t16-/m0/s1. The molecule has 0 radical (unpaired) electrons. The molecule has 0 spiro atoms. The minimum atomic E-state index is -0.423. The molecule has 174 valence electrons. The van der Waals surface area contributed by atoms with E-state index in [1.807, 2.05) is 0 Å². The van der Waals surface area contributed by atoms with Crippen molar-refractivity contribution in [2.75, 3.05) is 31.6 Å². The molecule has 9 nitrogen and oxygen atoms in total. The zero-order valence-corrected chi connectivity index (χ0v) is 19.0. The van der Waals surface area contributed by atoms with Crippen molar-refractivity contribution in [1.82, 2.24) is 29.7 Å². The van der Waals surface area contributed by atoms with Crippen LogP contribution >= 0.6 is 0 Å². The number of imidazole rings is 1. The number of aromatic nitrogens is 4. The minimum Gasteiger partial charge on any atom is -0.474 e. The highest BCUT2D eigenvalue weighted by molar-refractivity contribution is 5.94. The van der Waals surface area contributed by atoms with Gasteiger partial charge in [0.1, 0.15) is 29.6 Å². The molecule has 0 aliphatic carbocycles. The van der Waals surface area contributed by atoms with E-state index in [-0.39, 0.29) is 6.03 Å². The summed E-state index contributed by atoms with van der Waals surface area (Å²) >= 11 is 0. The van der Waals surface area contributed by atoms with Gasteiger partial charge in [0.05, 0.1) is 37.2 Å². The third-order valence-corrected chi connectivity index (χ3v) is 5.85. The summed E-state index contributed by atoms with van der Waals surface area (Å²) in [5.74, 6) is 7.29. The predicted molar refractivity (Wildman–Crippen MR) is 123 cm³/mol. The van der Waals surface area contributed by atoms with Gasteiger partial charge in [-0.25, -0.2) is 19.2 Å². The van der Waals surface area contributed by atoms with Crippen molar-refractivity contribution in [3.8, 4) is 17.7 Å². The number of fused-ring (bicyclic) bond motifs is 2. The number of hydrogen-bond acceptors (Lipinski definition) is 6. The smallest absolute Gasteiger partial charge is 0.322 e. The van der Waals surface area contributed by atoms with E-state index in [1.165, 1.54) is 6.07 Å². The van der Waals surface area contributed by atoms with Gasteiger partial charge in [0.25, 0.3) is 0 Å². The monoisotopic (exact) mass is 461 g/mol. The van der Waals surface area contributed by atoms with Crippen molar-refractivity contribution in [2.45, 2.75) is 26.1 Å². The quantitative estimate of drug-likeness (QED) is 0.590. The normalized spacial score (nSPS) is 15.9. The number of carbonyl (C=O) groups excluding carboxylic acids is 1. The number of pyridine rings is 2. The van der Waals surface area contributed by atoms with Crippen molar-refractivity contribution in [2.24, 2.45) is 0 Å². The third kappa shape index (κ3) is 4.43. The van der Waals surface area contributed by atoms with Gasteiger partial charge in [-0.1, -0.05) is 5.92 Å². The van der Waals surface area contributed by atoms with Gasteiger partial charge in [0, 0.05) is 24.8 Å². The Bertz CT molecular complexity index is 1280. The van der Waals surface area contributed by atoms with Gasteiger partial charge in [0.2, 0.25) is 5.88 Å². The van der Waals surface area contributed by atoms with Crippen LogP contribution in [-0.2, 0) is 13.1 Å². The fourth-order valence-corrected chi connectivity index (χ4v) is 3.98. The highest BCUT2D eigenvalue weighted by Crippen LogP contribution is 2.30. The molecule has 2 amide bonds. The lowest BCUT2D eigenvalue weighted by Crippen LogP contribution is -2.45. The van der Waals surface area contributed by atoms with Crippen molar-refractivity contribution in [3.63, 3.8) is 0 Å². The molecular weight excluding hydrogens is 437 g/mol. The summed E-state index contributed by atoms with van der Waals surface area (Å²) in [6.45, 7) is 5.09. The maximum absolute atomic E-state index is 13.2. The number of carbonyl (C=O) groups is 1. The molecule has 10 heteroatoms. The van der Waals surface area contributed by atoms with E-state index in [9.17, 15) is 9.18 Å². The molecule has 1 atom stereocenters. The number of urea groups is 1. The molecule has 1 N–H and O–H groups in total. The SMILES string of the molecule is C[C@H](NC(=O)N1CCOc2ncc(C#Cc3cnc4n3CCN(C)C4)cc21)c1ccc(F)cn1. The second kappa shape index (κ2) is 9.11. The summed E-state index contributed by atoms with van der Waals surface area (Å²) in [4.78, 5) is 29.7. The molecule has 5 heterocycles. The third-order valence-electron chi connectivity index (χ3n) is 5.85. The van der Waals surface area contributed by atoms with Gasteiger partial charge in [-0.05, 0) is 38.1 Å². The highest BCUT2D eigenvalue weighted by atomic mass is 19.1. The van der Waals surface area contributed by atoms with Gasteiger partial charge in [-0.2, -0.15) is 0 Å². The lowest BCUT2D eigenvalue weighted by Gasteiger charge is -2.29. The van der Waals surface area contributed by atoms with Gasteiger partial charge in [-0.15, -0.1) is 0 Å². The molecule has 34 heavy (non-hydrogen) atoms. The second-order valence-corrected chi connectivity index (χ2v) is 8.32. The molecule has 0 saturated carbocycles. The van der Waals surface area contributed by atoms with Crippen LogP contribution in [-0.4, -0.2) is 57.2 Å². The van der Waals surface area contributed by atoms with Crippen molar-refractivity contribution in [1.29, 1.82) is 0 Å². The van der Waals surface area contributed by atoms with Crippen LogP contribution in [0.4, 0.5) is 14.9 Å². The number of rotatable bonds is 2. The fraction of sp³-hybridized carbons (Fsp3) is 0.333. The number of ether oxygens (including phenoxy) is 1. The minimum absolute atomic E-state index is 0.316. The Balaban J connectivity index is 1.35. The lowest BCUT2D eigenvalue weighted by molar-refractivity contribution is 0.235. The van der Waals surface area contributed by atoms with Crippen molar-refractivity contribution in [3.05, 3.63) is 65.4 Å². The number of anilines is 1. The Hall–Kier alpha value is -3.97. The van der Waals surface area contributed by atoms with E-state index in [1.54, 1.807) is 36.4 Å². The lowest BCUT2D eigenvalue weighted by atomic mass is 10.2. The first kappa shape index (κ1) is 21.9. The van der Waals surface area contributed by atoms with Crippen LogP contribution in [0.3, 0.4) is 0 Å². The number of nitrogens with one attached hydrogen (secondary N) is 1. The summed E-state index contributed by atoms with van der Waals surface area (Å²) < 4.78 is 20.9. The molecule has 3 aromatic heterocycles. The van der Waals surface area contributed by atoms with Crippen LogP contribution in [0.2, 0.25) is 0 Å². The summed E-state index contributed by atoms with van der Waals surface area (Å²) in [7, 11) is 2.07. The maximum Gasteiger partial charge on any atom is 0.322 e. The topological polar surface area (TPSA) is 88.4 Å². The Labute approximate surface area is 196 Å². The average Bonchev–Trinajstić information content (AvgIpc) is 3.24. The van der Waals surface area contributed by atoms with E-state index in [4.69, 9.17) is 4.74 Å². The molecule has 0 bridgehead atoms. The van der Waals surface area contributed by atoms with Crippen LogP contribution in [0.5, 0.6) is 5.88 Å². The molecule has 3 aromatic rings. The summed E-state index contributed by atoms with van der Waals surface area (Å²) in [5.41, 5.74) is 2.63. The fourth-order valence-electron chi connectivity index (χ4n) is 3.98. The first-order valence-corrected chi connectivity index (χ1v) is 11.1. The zero-order chi connectivity index (χ0) is 23.7. The molecule has 5 rings (SSSR count). The van der Waals surface area contributed by atoms with E-state index in [2.05, 4.69) is 48.6 Å². The van der Waals surface area contributed by atoms with E-state index in [0.717, 1.165) is 37.3 Å². The zero-order valence-electron chi connectivity index (χ0n) is 19.0. The highest BCUT2D eigenvalue weighted by Gasteiger charge is 2.26. The molecule has 0 saturated heterocycles. The maximum atomic E-state index is 13.2. The Morgan fingerprint density at radius 1 is 1.15 bits per heavy atom. The van der Waals surface area contributed by atoms with Gasteiger partial charge < -0.3 is 14.6 Å². The van der Waals surface area contributed by atoms with Crippen LogP contribution in [0.15, 0.2) is 36.8 Å². The molecular formula is C24H24FN7O2. The van der Waals surface area contributed by atoms with Crippen molar-refractivity contribution >= 4 is 11.7 Å². The van der Waals surface area contributed by atoms with Gasteiger partial charge in [-0.3, -0.25) is 14.8 Å². The largest absolute Gasteiger partial charge is 0.474 e. The molecule has 2 aliphatic rings. The molecule has 0 unspecified atom stereocenters. The number of amides is 2. The Morgan fingerprint density at radius 3 is 2.85 bits per heavy atom. The number of likely N-dealkylation sites (N-methyl/N-ethyl adjacent to an activating group) is 1. The van der Waals surface area contributed by atoms with Crippen molar-refractivity contribution < 1.29 is 13.9 Å². The van der Waals surface area contributed by atoms with E-state index in [0.29, 0.717) is 36.0 Å². The van der Waals surface area contributed by atoms with E-state index < -0.39 is 11.9 Å². The van der Waals surface area contributed by atoms with Crippen LogP contribution < -0.4 is 15.0 Å². The van der Waals surface area contributed by atoms with Crippen LogP contribution in [0.25, 0.3) is 0 Å². The van der Waals surface area contributed by atoms with Crippen LogP contribution in [0, 0.1) is 17.7 Å². The number of nitrogens with zero attached hydrogens (tertiary/aromatic N) is 6. The second-order valence-electron chi connectivity index (χ2n) is 8.32. The van der Waals surface area contributed by atoms with Gasteiger partial charge >= 0.3 is 6.03 Å². The average molecular weight is 462 g/mol. The molecule has 0 fully saturated rings. The number of hydrogen-bond donors (Lipinski definition) is 1. The predicted octanol–water partition coefficient (Wildman–Crippen LogP) is 2.33. The molecule has 2 aliphatic heterocycles. The Morgan fingerprint density at radius 2 is 2.03 bits per heavy atom. The van der Waals surface area contributed by atoms with Gasteiger partial charge in [0.15, 0.2) is 0 Å². The summed E-state index contributed by atoms with van der Waals surface area (Å²) in [5, 5.41) is 2.90. The first-order valence-electron chi connectivity index (χ1n) is 11.1. The summed E-state index contributed by atoms with van der Waals surface area (Å²) in [6.07, 6.45) is 4.56. The Kier molecular flexibility index (Phi) is 5.86. The summed E-state index contributed by atoms with van der Waals surface area (Å²) in [6, 6.07) is 3.96. The molecule has 0 aromatic carbocycles. The number of halogens is 1. The van der Waals surface area contributed by atoms with Crippen LogP contribution in [0.1, 0.15) is 35.7 Å².